The number of benzene rings is 2. The highest BCUT2D eigenvalue weighted by atomic mass is 16.0. The van der Waals surface area contributed by atoms with Crippen molar-refractivity contribution in [2.75, 3.05) is 6.54 Å². The minimum absolute atomic E-state index is 0. The summed E-state index contributed by atoms with van der Waals surface area (Å²) in [6.07, 6.45) is 5.20. The summed E-state index contributed by atoms with van der Waals surface area (Å²) in [5.74, 6) is 0. The molecule has 0 saturated heterocycles. The van der Waals surface area contributed by atoms with Gasteiger partial charge in [-0.1, -0.05) is 86.8 Å². The zero-order chi connectivity index (χ0) is 14.0. The van der Waals surface area contributed by atoms with Gasteiger partial charge in [-0.15, -0.1) is 0 Å². The molecule has 0 fully saturated rings. The molecular weight excluding hydrogens is 258 g/mol. The van der Waals surface area contributed by atoms with Crippen molar-refractivity contribution in [3.8, 4) is 0 Å². The van der Waals surface area contributed by atoms with Crippen molar-refractivity contribution < 1.29 is 5.48 Å². The lowest BCUT2D eigenvalue weighted by Crippen LogP contribution is -2.23. The Labute approximate surface area is 128 Å². The van der Waals surface area contributed by atoms with Crippen molar-refractivity contribution in [3.05, 3.63) is 71.8 Å². The van der Waals surface area contributed by atoms with Crippen LogP contribution in [0.4, 0.5) is 0 Å². The normalized spacial score (nSPS) is 10.4. The third kappa shape index (κ3) is 5.70. The van der Waals surface area contributed by atoms with E-state index in [9.17, 15) is 0 Å². The molecule has 0 aromatic heterocycles. The van der Waals surface area contributed by atoms with Gasteiger partial charge in [-0.2, -0.15) is 0 Å². The fourth-order valence-corrected chi connectivity index (χ4v) is 2.52. The van der Waals surface area contributed by atoms with Crippen LogP contribution in [0.5, 0.6) is 0 Å². The number of rotatable bonds is 8. The van der Waals surface area contributed by atoms with Crippen molar-refractivity contribution in [2.45, 2.75) is 38.6 Å². The lowest BCUT2D eigenvalue weighted by molar-refractivity contribution is 0.556. The molecule has 0 aliphatic carbocycles. The van der Waals surface area contributed by atoms with E-state index in [-0.39, 0.29) is 5.48 Å². The molecule has 3 N–H and O–H groups in total. The lowest BCUT2D eigenvalue weighted by Gasteiger charge is -2.20. The number of nitrogens with one attached hydrogen (secondary N) is 1. The van der Waals surface area contributed by atoms with Gasteiger partial charge in [-0.05, 0) is 24.1 Å². The van der Waals surface area contributed by atoms with Crippen LogP contribution in [0.3, 0.4) is 0 Å². The van der Waals surface area contributed by atoms with Crippen LogP contribution in [0.1, 0.15) is 49.8 Å². The summed E-state index contributed by atoms with van der Waals surface area (Å²) in [6, 6.07) is 21.7. The molecule has 2 aromatic rings. The van der Waals surface area contributed by atoms with Crippen LogP contribution in [0.2, 0.25) is 0 Å². The van der Waals surface area contributed by atoms with E-state index in [1.165, 1.54) is 36.8 Å². The van der Waals surface area contributed by atoms with Gasteiger partial charge in [-0.25, -0.2) is 0 Å². The smallest absolute Gasteiger partial charge is 0.0576 e. The van der Waals surface area contributed by atoms with Crippen molar-refractivity contribution in [3.63, 3.8) is 0 Å². The zero-order valence-corrected chi connectivity index (χ0v) is 12.9. The van der Waals surface area contributed by atoms with Crippen LogP contribution in [0, 0.1) is 0 Å². The van der Waals surface area contributed by atoms with Gasteiger partial charge in [-0.3, -0.25) is 0 Å². The van der Waals surface area contributed by atoms with E-state index in [2.05, 4.69) is 72.9 Å². The second-order valence-electron chi connectivity index (χ2n) is 5.27. The monoisotopic (exact) mass is 285 g/mol. The average Bonchev–Trinajstić information content (AvgIpc) is 2.53. The molecule has 2 nitrogen and oxygen atoms in total. The van der Waals surface area contributed by atoms with Crippen molar-refractivity contribution >= 4 is 0 Å². The molecule has 0 bridgehead atoms. The summed E-state index contributed by atoms with van der Waals surface area (Å²) in [5, 5.41) is 3.71. The Balaban J connectivity index is 0.00000220. The molecule has 0 amide bonds. The second kappa shape index (κ2) is 10.1. The minimum Gasteiger partial charge on any atom is -0.412 e. The maximum Gasteiger partial charge on any atom is 0.0576 e. The van der Waals surface area contributed by atoms with E-state index in [1.54, 1.807) is 0 Å². The maximum atomic E-state index is 3.71. The summed E-state index contributed by atoms with van der Waals surface area (Å²) >= 11 is 0. The quantitative estimate of drug-likeness (QED) is 0.728. The maximum absolute atomic E-state index is 3.71. The van der Waals surface area contributed by atoms with E-state index >= 15 is 0 Å². The van der Waals surface area contributed by atoms with Gasteiger partial charge in [0.15, 0.2) is 0 Å². The standard InChI is InChI=1S/C19H25N.H2O/c1-2-3-4-11-16-20-19(17-12-7-5-8-13-17)18-14-9-6-10-15-18;/h5-10,12-15,19-20H,2-4,11,16H2,1H3;1H2. The first-order chi connectivity index (χ1) is 9.92. The van der Waals surface area contributed by atoms with Crippen molar-refractivity contribution in [1.29, 1.82) is 0 Å². The van der Waals surface area contributed by atoms with Gasteiger partial charge in [0, 0.05) is 0 Å². The summed E-state index contributed by atoms with van der Waals surface area (Å²) in [5.41, 5.74) is 2.68. The fraction of sp³-hybridized carbons (Fsp3) is 0.368. The third-order valence-corrected chi connectivity index (χ3v) is 3.64. The highest BCUT2D eigenvalue weighted by Gasteiger charge is 2.12. The molecule has 21 heavy (non-hydrogen) atoms. The highest BCUT2D eigenvalue weighted by Crippen LogP contribution is 2.21. The van der Waals surface area contributed by atoms with Gasteiger partial charge < -0.3 is 10.8 Å². The summed E-state index contributed by atoms with van der Waals surface area (Å²) < 4.78 is 0. The van der Waals surface area contributed by atoms with Crippen molar-refractivity contribution in [1.82, 2.24) is 5.32 Å². The molecule has 2 rings (SSSR count). The molecule has 0 heterocycles. The minimum atomic E-state index is 0. The molecular formula is C19H27NO. The SMILES string of the molecule is CCCCCCNC(c1ccccc1)c1ccccc1.O. The Hall–Kier alpha value is -1.64. The van der Waals surface area contributed by atoms with Crippen LogP contribution in [-0.4, -0.2) is 12.0 Å². The Morgan fingerprint density at radius 1 is 0.762 bits per heavy atom. The highest BCUT2D eigenvalue weighted by molar-refractivity contribution is 5.31. The Morgan fingerprint density at radius 3 is 1.76 bits per heavy atom. The van der Waals surface area contributed by atoms with Gasteiger partial charge in [0.1, 0.15) is 0 Å². The Kier molecular flexibility index (Phi) is 8.41. The van der Waals surface area contributed by atoms with E-state index < -0.39 is 0 Å². The van der Waals surface area contributed by atoms with Gasteiger partial charge in [0.25, 0.3) is 0 Å². The van der Waals surface area contributed by atoms with E-state index in [4.69, 9.17) is 0 Å². The van der Waals surface area contributed by atoms with Crippen LogP contribution in [-0.2, 0) is 0 Å². The molecule has 114 valence electrons. The molecule has 0 saturated carbocycles. The Morgan fingerprint density at radius 2 is 1.29 bits per heavy atom. The first-order valence-electron chi connectivity index (χ1n) is 7.75. The molecule has 0 spiro atoms. The van der Waals surface area contributed by atoms with E-state index in [0.717, 1.165) is 6.54 Å². The van der Waals surface area contributed by atoms with Crippen LogP contribution in [0.15, 0.2) is 60.7 Å². The first kappa shape index (κ1) is 17.4. The molecule has 0 aliphatic heterocycles. The van der Waals surface area contributed by atoms with E-state index in [1.807, 2.05) is 0 Å². The van der Waals surface area contributed by atoms with Crippen molar-refractivity contribution in [2.24, 2.45) is 0 Å². The molecule has 0 unspecified atom stereocenters. The lowest BCUT2D eigenvalue weighted by atomic mass is 9.98. The second-order valence-corrected chi connectivity index (χ2v) is 5.27. The predicted octanol–water partition coefficient (Wildman–Crippen LogP) is 4.12. The summed E-state index contributed by atoms with van der Waals surface area (Å²) in [4.78, 5) is 0. The topological polar surface area (TPSA) is 43.5 Å². The number of hydrogen-bond donors (Lipinski definition) is 1. The van der Waals surface area contributed by atoms with Crippen LogP contribution >= 0.6 is 0 Å². The number of hydrogen-bond acceptors (Lipinski definition) is 1. The summed E-state index contributed by atoms with van der Waals surface area (Å²) in [7, 11) is 0. The molecule has 2 heteroatoms. The molecule has 0 aliphatic rings. The average molecular weight is 285 g/mol. The molecule has 2 aromatic carbocycles. The fourth-order valence-electron chi connectivity index (χ4n) is 2.52. The van der Waals surface area contributed by atoms with Crippen LogP contribution in [0.25, 0.3) is 0 Å². The van der Waals surface area contributed by atoms with Gasteiger partial charge in [0.2, 0.25) is 0 Å². The summed E-state index contributed by atoms with van der Waals surface area (Å²) in [6.45, 7) is 3.33. The largest absolute Gasteiger partial charge is 0.412 e. The Bertz CT molecular complexity index is 430. The van der Waals surface area contributed by atoms with Gasteiger partial charge in [0.05, 0.1) is 6.04 Å². The third-order valence-electron chi connectivity index (χ3n) is 3.64. The molecule has 0 atom stereocenters. The van der Waals surface area contributed by atoms with E-state index in [0.29, 0.717) is 6.04 Å². The van der Waals surface area contributed by atoms with Gasteiger partial charge >= 0.3 is 0 Å². The molecule has 0 radical (unpaired) electrons. The number of unbranched alkanes of at least 4 members (excludes halogenated alkanes) is 3. The first-order valence-corrected chi connectivity index (χ1v) is 7.75. The van der Waals surface area contributed by atoms with Crippen LogP contribution < -0.4 is 5.32 Å². The zero-order valence-electron chi connectivity index (χ0n) is 12.9. The predicted molar refractivity (Wildman–Crippen MR) is 90.5 cm³/mol.